The molecule has 0 fully saturated rings. The number of nitrogens with zero attached hydrogens (tertiary/aromatic N) is 1. The molecule has 1 aromatic rings. The molecule has 0 aliphatic rings. The smallest absolute Gasteiger partial charge is 0.271 e. The highest BCUT2D eigenvalue weighted by Crippen LogP contribution is 2.02. The molecule has 0 aromatic carbocycles. The van der Waals surface area contributed by atoms with Crippen LogP contribution in [0.2, 0.25) is 0 Å². The molecule has 0 saturated carbocycles. The Morgan fingerprint density at radius 1 is 1.83 bits per heavy atom. The molecule has 0 bridgehead atoms. The van der Waals surface area contributed by atoms with Crippen molar-refractivity contribution in [3.8, 4) is 0 Å². The van der Waals surface area contributed by atoms with Crippen molar-refractivity contribution in [2.24, 2.45) is 0 Å². The van der Waals surface area contributed by atoms with Gasteiger partial charge in [-0.05, 0) is 0 Å². The number of aromatic nitrogens is 2. The van der Waals surface area contributed by atoms with Crippen LogP contribution in [0.15, 0.2) is 6.33 Å². The number of carbonyl (C=O) groups excluding carboxylic acids is 1. The number of amides is 1. The standard InChI is InChI=1S/C6H10N4O2/c7-5-4(9-3-10-5)6(12)8-1-2-11/h3,11H,1-2,7H2,(H,8,12)(H,9,10). The van der Waals surface area contributed by atoms with Crippen molar-refractivity contribution in [3.05, 3.63) is 12.0 Å². The molecule has 0 aliphatic carbocycles. The third-order valence-electron chi connectivity index (χ3n) is 1.29. The number of aliphatic hydroxyl groups excluding tert-OH is 1. The predicted molar refractivity (Wildman–Crippen MR) is 42.4 cm³/mol. The summed E-state index contributed by atoms with van der Waals surface area (Å²) in [7, 11) is 0. The number of imidazole rings is 1. The number of aromatic amines is 1. The molecule has 66 valence electrons. The Labute approximate surface area is 68.8 Å². The third kappa shape index (κ3) is 1.73. The van der Waals surface area contributed by atoms with E-state index in [4.69, 9.17) is 10.8 Å². The SMILES string of the molecule is Nc1nc[nH]c1C(=O)NCCO. The maximum atomic E-state index is 11.1. The average molecular weight is 170 g/mol. The second-order valence-electron chi connectivity index (χ2n) is 2.14. The molecule has 1 amide bonds. The summed E-state index contributed by atoms with van der Waals surface area (Å²) >= 11 is 0. The van der Waals surface area contributed by atoms with Crippen LogP contribution in [0.5, 0.6) is 0 Å². The van der Waals surface area contributed by atoms with Gasteiger partial charge in [-0.2, -0.15) is 0 Å². The molecule has 0 radical (unpaired) electrons. The van der Waals surface area contributed by atoms with Crippen molar-refractivity contribution < 1.29 is 9.90 Å². The van der Waals surface area contributed by atoms with Gasteiger partial charge in [0.1, 0.15) is 5.69 Å². The predicted octanol–water partition coefficient (Wildman–Crippen LogP) is -1.29. The highest BCUT2D eigenvalue weighted by molar-refractivity contribution is 5.96. The zero-order chi connectivity index (χ0) is 8.97. The highest BCUT2D eigenvalue weighted by Gasteiger charge is 2.09. The maximum absolute atomic E-state index is 11.1. The quantitative estimate of drug-likeness (QED) is 0.453. The fourth-order valence-corrected chi connectivity index (χ4v) is 0.745. The summed E-state index contributed by atoms with van der Waals surface area (Å²) in [6.45, 7) is 0.108. The van der Waals surface area contributed by atoms with E-state index >= 15 is 0 Å². The second-order valence-corrected chi connectivity index (χ2v) is 2.14. The summed E-state index contributed by atoms with van der Waals surface area (Å²) in [5.41, 5.74) is 5.57. The molecular weight excluding hydrogens is 160 g/mol. The van der Waals surface area contributed by atoms with Gasteiger partial charge in [-0.1, -0.05) is 0 Å². The number of hydrogen-bond donors (Lipinski definition) is 4. The topological polar surface area (TPSA) is 104 Å². The molecule has 6 nitrogen and oxygen atoms in total. The number of nitrogen functional groups attached to an aromatic ring is 1. The Kier molecular flexibility index (Phi) is 2.65. The first kappa shape index (κ1) is 8.54. The monoisotopic (exact) mass is 170 g/mol. The Morgan fingerprint density at radius 2 is 2.58 bits per heavy atom. The minimum absolute atomic E-state index is 0.0974. The van der Waals surface area contributed by atoms with E-state index in [0.29, 0.717) is 0 Å². The lowest BCUT2D eigenvalue weighted by atomic mass is 10.4. The molecule has 5 N–H and O–H groups in total. The van der Waals surface area contributed by atoms with E-state index < -0.39 is 0 Å². The minimum atomic E-state index is -0.362. The molecule has 1 heterocycles. The lowest BCUT2D eigenvalue weighted by Crippen LogP contribution is -2.27. The molecule has 12 heavy (non-hydrogen) atoms. The van der Waals surface area contributed by atoms with Gasteiger partial charge < -0.3 is 21.1 Å². The Bertz CT molecular complexity index is 270. The lowest BCUT2D eigenvalue weighted by molar-refractivity contribution is 0.0941. The van der Waals surface area contributed by atoms with Gasteiger partial charge in [0.15, 0.2) is 5.82 Å². The zero-order valence-corrected chi connectivity index (χ0v) is 6.37. The van der Waals surface area contributed by atoms with Gasteiger partial charge in [0.05, 0.1) is 12.9 Å². The minimum Gasteiger partial charge on any atom is -0.395 e. The molecule has 1 aromatic heterocycles. The number of carbonyl (C=O) groups is 1. The number of anilines is 1. The summed E-state index contributed by atoms with van der Waals surface area (Å²) in [6, 6.07) is 0. The molecule has 0 spiro atoms. The van der Waals surface area contributed by atoms with E-state index in [-0.39, 0.29) is 30.6 Å². The molecule has 0 aliphatic heterocycles. The van der Waals surface area contributed by atoms with Crippen molar-refractivity contribution in [1.82, 2.24) is 15.3 Å². The zero-order valence-electron chi connectivity index (χ0n) is 6.37. The number of aliphatic hydroxyl groups is 1. The maximum Gasteiger partial charge on any atom is 0.271 e. The van der Waals surface area contributed by atoms with E-state index in [1.54, 1.807) is 0 Å². The summed E-state index contributed by atoms with van der Waals surface area (Å²) in [4.78, 5) is 17.3. The van der Waals surface area contributed by atoms with Crippen LogP contribution >= 0.6 is 0 Å². The third-order valence-corrected chi connectivity index (χ3v) is 1.29. The van der Waals surface area contributed by atoms with Crippen LogP contribution in [-0.4, -0.2) is 34.1 Å². The van der Waals surface area contributed by atoms with Crippen LogP contribution in [0.1, 0.15) is 10.5 Å². The highest BCUT2D eigenvalue weighted by atomic mass is 16.3. The Morgan fingerprint density at radius 3 is 3.08 bits per heavy atom. The lowest BCUT2D eigenvalue weighted by Gasteiger charge is -2.00. The van der Waals surface area contributed by atoms with Gasteiger partial charge in [-0.25, -0.2) is 4.98 Å². The first-order valence-corrected chi connectivity index (χ1v) is 3.43. The van der Waals surface area contributed by atoms with Crippen molar-refractivity contribution in [2.75, 3.05) is 18.9 Å². The number of nitrogens with one attached hydrogen (secondary N) is 2. The number of hydrogen-bond acceptors (Lipinski definition) is 4. The van der Waals surface area contributed by atoms with Crippen LogP contribution in [0.25, 0.3) is 0 Å². The van der Waals surface area contributed by atoms with Crippen molar-refractivity contribution in [2.45, 2.75) is 0 Å². The summed E-state index contributed by atoms with van der Waals surface area (Å²) in [5, 5.41) is 10.8. The second kappa shape index (κ2) is 3.72. The fraction of sp³-hybridized carbons (Fsp3) is 0.333. The molecule has 0 saturated heterocycles. The van der Waals surface area contributed by atoms with E-state index in [0.717, 1.165) is 0 Å². The van der Waals surface area contributed by atoms with E-state index in [1.165, 1.54) is 6.33 Å². The molecular formula is C6H10N4O2. The summed E-state index contributed by atoms with van der Waals surface area (Å²) < 4.78 is 0. The fourth-order valence-electron chi connectivity index (χ4n) is 0.745. The normalized spacial score (nSPS) is 9.75. The van der Waals surface area contributed by atoms with Crippen molar-refractivity contribution in [3.63, 3.8) is 0 Å². The van der Waals surface area contributed by atoms with E-state index in [1.807, 2.05) is 0 Å². The summed E-state index contributed by atoms with van der Waals surface area (Å²) in [6.07, 6.45) is 1.34. The van der Waals surface area contributed by atoms with Crippen LogP contribution in [0.3, 0.4) is 0 Å². The van der Waals surface area contributed by atoms with Crippen LogP contribution in [0.4, 0.5) is 5.82 Å². The van der Waals surface area contributed by atoms with Crippen LogP contribution in [0, 0.1) is 0 Å². The van der Waals surface area contributed by atoms with Crippen LogP contribution < -0.4 is 11.1 Å². The first-order chi connectivity index (χ1) is 5.75. The molecule has 6 heteroatoms. The Hall–Kier alpha value is -1.56. The van der Waals surface area contributed by atoms with Crippen LogP contribution in [-0.2, 0) is 0 Å². The average Bonchev–Trinajstić information content (AvgIpc) is 2.47. The van der Waals surface area contributed by atoms with Gasteiger partial charge >= 0.3 is 0 Å². The van der Waals surface area contributed by atoms with E-state index in [2.05, 4.69) is 15.3 Å². The van der Waals surface area contributed by atoms with E-state index in [9.17, 15) is 4.79 Å². The van der Waals surface area contributed by atoms with Gasteiger partial charge in [-0.15, -0.1) is 0 Å². The largest absolute Gasteiger partial charge is 0.395 e. The summed E-state index contributed by atoms with van der Waals surface area (Å²) in [5.74, 6) is -0.204. The Balaban J connectivity index is 2.59. The molecule has 0 atom stereocenters. The molecule has 0 unspecified atom stereocenters. The number of H-pyrrole nitrogens is 1. The van der Waals surface area contributed by atoms with Crippen molar-refractivity contribution in [1.29, 1.82) is 0 Å². The molecule has 1 rings (SSSR count). The van der Waals surface area contributed by atoms with Gasteiger partial charge in [0.2, 0.25) is 0 Å². The number of nitrogens with two attached hydrogens (primary N) is 1. The van der Waals surface area contributed by atoms with Crippen molar-refractivity contribution >= 4 is 11.7 Å². The van der Waals surface area contributed by atoms with Gasteiger partial charge in [-0.3, -0.25) is 4.79 Å². The number of rotatable bonds is 3. The van der Waals surface area contributed by atoms with Gasteiger partial charge in [0, 0.05) is 6.54 Å². The van der Waals surface area contributed by atoms with Gasteiger partial charge in [0.25, 0.3) is 5.91 Å². The first-order valence-electron chi connectivity index (χ1n) is 3.43.